The molecule has 0 bridgehead atoms. The topological polar surface area (TPSA) is 98.5 Å². The third-order valence-electron chi connectivity index (χ3n) is 2.61. The number of rotatable bonds is 6. The fourth-order valence-corrected chi connectivity index (χ4v) is 3.10. The highest BCUT2D eigenvalue weighted by Crippen LogP contribution is 2.23. The minimum atomic E-state index is -3.88. The van der Waals surface area contributed by atoms with Gasteiger partial charge in [-0.05, 0) is 31.5 Å². The number of hydrogen-bond donors (Lipinski definition) is 2. The van der Waals surface area contributed by atoms with Crippen LogP contribution in [0.5, 0.6) is 0 Å². The van der Waals surface area contributed by atoms with Crippen molar-refractivity contribution in [2.45, 2.75) is 18.7 Å². The van der Waals surface area contributed by atoms with Crippen LogP contribution in [0.2, 0.25) is 0 Å². The highest BCUT2D eigenvalue weighted by Gasteiger charge is 2.19. The van der Waals surface area contributed by atoms with Crippen LogP contribution in [0.25, 0.3) is 0 Å². The van der Waals surface area contributed by atoms with E-state index >= 15 is 0 Å². The third-order valence-corrected chi connectivity index (χ3v) is 4.11. The maximum atomic E-state index is 12.0. The minimum absolute atomic E-state index is 0.0677. The van der Waals surface area contributed by atoms with Crippen LogP contribution in [0, 0.1) is 6.92 Å². The summed E-state index contributed by atoms with van der Waals surface area (Å²) in [6.45, 7) is 4.73. The van der Waals surface area contributed by atoms with Crippen molar-refractivity contribution in [3.8, 4) is 0 Å². The summed E-state index contributed by atoms with van der Waals surface area (Å²) in [6.07, 6.45) is 0. The van der Waals surface area contributed by atoms with E-state index in [9.17, 15) is 13.2 Å². The molecule has 3 N–H and O–H groups in total. The number of halogens is 1. The van der Waals surface area contributed by atoms with Gasteiger partial charge in [0.2, 0.25) is 10.0 Å². The van der Waals surface area contributed by atoms with Crippen LogP contribution in [-0.2, 0) is 14.8 Å². The second kappa shape index (κ2) is 7.16. The van der Waals surface area contributed by atoms with Gasteiger partial charge in [-0.25, -0.2) is 13.6 Å². The standard InChI is InChI=1S/C12H17BrN2O4S/c1-3-19-5-4-15-12(16)10-6-9(13)7-11(8(10)2)20(14,17)18/h6-7H,3-5H2,1-2H3,(H,15,16)(H2,14,17,18). The van der Waals surface area contributed by atoms with E-state index in [-0.39, 0.29) is 16.4 Å². The Morgan fingerprint density at radius 3 is 2.65 bits per heavy atom. The molecule has 1 rings (SSSR count). The Morgan fingerprint density at radius 1 is 1.45 bits per heavy atom. The van der Waals surface area contributed by atoms with E-state index in [2.05, 4.69) is 21.2 Å². The number of nitrogens with two attached hydrogens (primary N) is 1. The second-order valence-corrected chi connectivity index (χ2v) is 6.52. The van der Waals surface area contributed by atoms with E-state index in [4.69, 9.17) is 9.88 Å². The number of hydrogen-bond acceptors (Lipinski definition) is 4. The highest BCUT2D eigenvalue weighted by atomic mass is 79.9. The van der Waals surface area contributed by atoms with Crippen molar-refractivity contribution in [2.75, 3.05) is 19.8 Å². The Hall–Kier alpha value is -0.960. The monoisotopic (exact) mass is 364 g/mol. The summed E-state index contributed by atoms with van der Waals surface area (Å²) < 4.78 is 28.6. The zero-order valence-corrected chi connectivity index (χ0v) is 13.7. The maximum absolute atomic E-state index is 12.0. The molecular formula is C12H17BrN2O4S. The molecule has 0 radical (unpaired) electrons. The Kier molecular flexibility index (Phi) is 6.12. The number of benzene rings is 1. The fourth-order valence-electron chi connectivity index (χ4n) is 1.66. The van der Waals surface area contributed by atoms with Crippen LogP contribution in [0.4, 0.5) is 0 Å². The lowest BCUT2D eigenvalue weighted by Crippen LogP contribution is -2.28. The average Bonchev–Trinajstić information content (AvgIpc) is 2.35. The van der Waals surface area contributed by atoms with E-state index in [1.165, 1.54) is 6.07 Å². The predicted molar refractivity (Wildman–Crippen MR) is 79.1 cm³/mol. The zero-order chi connectivity index (χ0) is 15.3. The molecule has 0 aliphatic carbocycles. The largest absolute Gasteiger partial charge is 0.380 e. The van der Waals surface area contributed by atoms with Crippen LogP contribution >= 0.6 is 15.9 Å². The van der Waals surface area contributed by atoms with Gasteiger partial charge in [0.15, 0.2) is 0 Å². The van der Waals surface area contributed by atoms with Crippen molar-refractivity contribution in [3.63, 3.8) is 0 Å². The molecular weight excluding hydrogens is 348 g/mol. The molecule has 0 unspecified atom stereocenters. The van der Waals surface area contributed by atoms with Crippen molar-refractivity contribution >= 4 is 31.9 Å². The van der Waals surface area contributed by atoms with E-state index in [0.717, 1.165) is 0 Å². The number of sulfonamides is 1. The summed E-state index contributed by atoms with van der Waals surface area (Å²) >= 11 is 3.18. The van der Waals surface area contributed by atoms with Gasteiger partial charge in [-0.2, -0.15) is 0 Å². The lowest BCUT2D eigenvalue weighted by Gasteiger charge is -2.11. The average molecular weight is 365 g/mol. The molecule has 0 saturated carbocycles. The number of primary sulfonamides is 1. The van der Waals surface area contributed by atoms with Crippen LogP contribution in [0.15, 0.2) is 21.5 Å². The van der Waals surface area contributed by atoms with E-state index in [1.54, 1.807) is 13.0 Å². The van der Waals surface area contributed by atoms with E-state index in [1.807, 2.05) is 6.92 Å². The summed E-state index contributed by atoms with van der Waals surface area (Å²) in [5.74, 6) is -0.367. The van der Waals surface area contributed by atoms with Gasteiger partial charge in [0, 0.05) is 23.2 Å². The third kappa shape index (κ3) is 4.55. The van der Waals surface area contributed by atoms with Crippen molar-refractivity contribution in [1.82, 2.24) is 5.32 Å². The number of carbonyl (C=O) groups is 1. The van der Waals surface area contributed by atoms with Crippen molar-refractivity contribution in [3.05, 3.63) is 27.7 Å². The predicted octanol–water partition coefficient (Wildman–Crippen LogP) is 1.17. The summed E-state index contributed by atoms with van der Waals surface area (Å²) in [5.41, 5.74) is 0.588. The molecule has 0 spiro atoms. The first-order valence-corrected chi connectivity index (χ1v) is 8.30. The fraction of sp³-hybridized carbons (Fsp3) is 0.417. The molecule has 8 heteroatoms. The van der Waals surface area contributed by atoms with Crippen molar-refractivity contribution in [2.24, 2.45) is 5.14 Å². The number of ether oxygens (including phenoxy) is 1. The summed E-state index contributed by atoms with van der Waals surface area (Å²) in [7, 11) is -3.88. The van der Waals surface area contributed by atoms with E-state index in [0.29, 0.717) is 29.8 Å². The summed E-state index contributed by atoms with van der Waals surface area (Å²) in [4.78, 5) is 12.0. The first kappa shape index (κ1) is 17.1. The summed E-state index contributed by atoms with van der Waals surface area (Å²) in [6, 6.07) is 2.93. The molecule has 1 amide bonds. The molecule has 0 fully saturated rings. The van der Waals surface area contributed by atoms with Gasteiger partial charge < -0.3 is 10.1 Å². The molecule has 6 nitrogen and oxygen atoms in total. The van der Waals surface area contributed by atoms with Gasteiger partial charge in [0.25, 0.3) is 5.91 Å². The Balaban J connectivity index is 3.01. The van der Waals surface area contributed by atoms with Crippen molar-refractivity contribution in [1.29, 1.82) is 0 Å². The van der Waals surface area contributed by atoms with Crippen molar-refractivity contribution < 1.29 is 17.9 Å². The first-order chi connectivity index (χ1) is 9.27. The maximum Gasteiger partial charge on any atom is 0.251 e. The highest BCUT2D eigenvalue weighted by molar-refractivity contribution is 9.10. The molecule has 1 aromatic carbocycles. The minimum Gasteiger partial charge on any atom is -0.380 e. The van der Waals surface area contributed by atoms with Crippen LogP contribution in [0.3, 0.4) is 0 Å². The van der Waals surface area contributed by atoms with Gasteiger partial charge in [-0.3, -0.25) is 4.79 Å². The smallest absolute Gasteiger partial charge is 0.251 e. The Bertz CT molecular complexity index is 602. The molecule has 0 heterocycles. The molecule has 0 aromatic heterocycles. The van der Waals surface area contributed by atoms with Crippen LogP contribution in [-0.4, -0.2) is 34.1 Å². The normalized spacial score (nSPS) is 11.4. The molecule has 112 valence electrons. The quantitative estimate of drug-likeness (QED) is 0.740. The molecule has 0 saturated heterocycles. The molecule has 1 aromatic rings. The molecule has 20 heavy (non-hydrogen) atoms. The second-order valence-electron chi connectivity index (χ2n) is 4.07. The Morgan fingerprint density at radius 2 is 2.10 bits per heavy atom. The zero-order valence-electron chi connectivity index (χ0n) is 11.3. The van der Waals surface area contributed by atoms with Gasteiger partial charge in [-0.15, -0.1) is 0 Å². The lowest BCUT2D eigenvalue weighted by atomic mass is 10.1. The molecule has 0 aliphatic rings. The Labute approximate surface area is 126 Å². The van der Waals surface area contributed by atoms with Gasteiger partial charge in [0.1, 0.15) is 0 Å². The number of carbonyl (C=O) groups excluding carboxylic acids is 1. The van der Waals surface area contributed by atoms with Crippen LogP contribution in [0.1, 0.15) is 22.8 Å². The van der Waals surface area contributed by atoms with Gasteiger partial charge in [0.05, 0.1) is 11.5 Å². The first-order valence-electron chi connectivity index (χ1n) is 5.96. The van der Waals surface area contributed by atoms with Crippen LogP contribution < -0.4 is 10.5 Å². The lowest BCUT2D eigenvalue weighted by molar-refractivity contribution is 0.0921. The summed E-state index contributed by atoms with van der Waals surface area (Å²) in [5, 5.41) is 7.79. The van der Waals surface area contributed by atoms with Gasteiger partial charge >= 0.3 is 0 Å². The molecule has 0 atom stereocenters. The number of amides is 1. The van der Waals surface area contributed by atoms with Gasteiger partial charge in [-0.1, -0.05) is 15.9 Å². The molecule has 0 aliphatic heterocycles. The number of nitrogens with one attached hydrogen (secondary N) is 1. The van der Waals surface area contributed by atoms with E-state index < -0.39 is 10.0 Å². The SMILES string of the molecule is CCOCCNC(=O)c1cc(Br)cc(S(N)(=O)=O)c1C.